The van der Waals surface area contributed by atoms with Crippen LogP contribution in [0.4, 0.5) is 10.1 Å². The van der Waals surface area contributed by atoms with Crippen LogP contribution < -0.4 is 5.32 Å². The summed E-state index contributed by atoms with van der Waals surface area (Å²) >= 11 is 0. The molecule has 1 aromatic carbocycles. The summed E-state index contributed by atoms with van der Waals surface area (Å²) < 4.78 is 13.4. The number of carboxylic acid groups (broad SMARTS) is 1. The molecule has 0 saturated heterocycles. The molecule has 20 heavy (non-hydrogen) atoms. The number of nitrogens with zero attached hydrogens (tertiary/aromatic N) is 1. The lowest BCUT2D eigenvalue weighted by Crippen LogP contribution is -2.17. The Bertz CT molecular complexity index is 686. The smallest absolute Gasteiger partial charge is 0.337 e. The molecule has 5 nitrogen and oxygen atoms in total. The standard InChI is InChI=1S/C14H11FN2O3/c1-8-4-2-5-9(14(19)20)11(8)17-13(18)10-6-3-7-16-12(10)15/h2-7H,1H3,(H,17,18)(H,19,20). The fourth-order valence-electron chi connectivity index (χ4n) is 1.75. The van der Waals surface area contributed by atoms with Crippen LogP contribution >= 0.6 is 0 Å². The lowest BCUT2D eigenvalue weighted by molar-refractivity contribution is 0.0698. The molecule has 0 unspecified atom stereocenters. The van der Waals surface area contributed by atoms with Crippen molar-refractivity contribution in [3.8, 4) is 0 Å². The van der Waals surface area contributed by atoms with Gasteiger partial charge in [0.05, 0.1) is 16.8 Å². The number of aromatic carboxylic acids is 1. The van der Waals surface area contributed by atoms with Crippen molar-refractivity contribution in [2.45, 2.75) is 6.92 Å². The molecule has 0 bridgehead atoms. The van der Waals surface area contributed by atoms with Crippen molar-refractivity contribution >= 4 is 17.6 Å². The number of nitrogens with one attached hydrogen (secondary N) is 1. The number of hydrogen-bond acceptors (Lipinski definition) is 3. The van der Waals surface area contributed by atoms with Crippen LogP contribution in [-0.2, 0) is 0 Å². The Morgan fingerprint density at radius 1 is 1.20 bits per heavy atom. The summed E-state index contributed by atoms with van der Waals surface area (Å²) in [6, 6.07) is 7.29. The van der Waals surface area contributed by atoms with E-state index >= 15 is 0 Å². The van der Waals surface area contributed by atoms with Gasteiger partial charge in [0.1, 0.15) is 0 Å². The Morgan fingerprint density at radius 2 is 1.90 bits per heavy atom. The average molecular weight is 274 g/mol. The number of carbonyl (C=O) groups excluding carboxylic acids is 1. The minimum Gasteiger partial charge on any atom is -0.478 e. The van der Waals surface area contributed by atoms with Crippen LogP contribution in [0.25, 0.3) is 0 Å². The highest BCUT2D eigenvalue weighted by Gasteiger charge is 2.17. The van der Waals surface area contributed by atoms with E-state index < -0.39 is 17.8 Å². The molecule has 6 heteroatoms. The van der Waals surface area contributed by atoms with Gasteiger partial charge in [0.2, 0.25) is 5.95 Å². The Morgan fingerprint density at radius 3 is 2.55 bits per heavy atom. The van der Waals surface area contributed by atoms with Gasteiger partial charge in [0.25, 0.3) is 5.91 Å². The third-order valence-corrected chi connectivity index (χ3v) is 2.75. The molecular formula is C14H11FN2O3. The molecule has 1 amide bonds. The average Bonchev–Trinajstić information content (AvgIpc) is 2.41. The first-order chi connectivity index (χ1) is 9.50. The lowest BCUT2D eigenvalue weighted by atomic mass is 10.1. The van der Waals surface area contributed by atoms with Crippen molar-refractivity contribution in [1.82, 2.24) is 4.98 Å². The molecule has 0 aliphatic carbocycles. The molecule has 2 aromatic rings. The summed E-state index contributed by atoms with van der Waals surface area (Å²) in [5.74, 6) is -2.82. The van der Waals surface area contributed by atoms with Crippen LogP contribution in [0, 0.1) is 12.9 Å². The number of aryl methyl sites for hydroxylation is 1. The molecule has 0 radical (unpaired) electrons. The van der Waals surface area contributed by atoms with Crippen LogP contribution in [0.3, 0.4) is 0 Å². The number of benzene rings is 1. The van der Waals surface area contributed by atoms with Crippen molar-refractivity contribution in [2.75, 3.05) is 5.32 Å². The molecule has 0 aliphatic rings. The van der Waals surface area contributed by atoms with Crippen LogP contribution in [-0.4, -0.2) is 22.0 Å². The molecule has 1 aromatic heterocycles. The SMILES string of the molecule is Cc1cccc(C(=O)O)c1NC(=O)c1cccnc1F. The van der Waals surface area contributed by atoms with Crippen LogP contribution in [0.5, 0.6) is 0 Å². The Hall–Kier alpha value is -2.76. The van der Waals surface area contributed by atoms with E-state index in [1.54, 1.807) is 19.1 Å². The maximum atomic E-state index is 13.4. The second-order valence-electron chi connectivity index (χ2n) is 4.10. The highest BCUT2D eigenvalue weighted by Crippen LogP contribution is 2.21. The Kier molecular flexibility index (Phi) is 3.74. The third kappa shape index (κ3) is 2.64. The predicted molar refractivity (Wildman–Crippen MR) is 70.3 cm³/mol. The highest BCUT2D eigenvalue weighted by molar-refractivity contribution is 6.08. The van der Waals surface area contributed by atoms with E-state index in [4.69, 9.17) is 5.11 Å². The largest absolute Gasteiger partial charge is 0.478 e. The minimum absolute atomic E-state index is 0.0531. The van der Waals surface area contributed by atoms with Gasteiger partial charge in [-0.2, -0.15) is 4.39 Å². The number of pyridine rings is 1. The topological polar surface area (TPSA) is 79.3 Å². The van der Waals surface area contributed by atoms with E-state index in [1.807, 2.05) is 0 Å². The zero-order valence-electron chi connectivity index (χ0n) is 10.6. The van der Waals surface area contributed by atoms with Crippen molar-refractivity contribution in [3.05, 3.63) is 59.2 Å². The Balaban J connectivity index is 2.38. The van der Waals surface area contributed by atoms with Crippen LogP contribution in [0.1, 0.15) is 26.3 Å². The van der Waals surface area contributed by atoms with Crippen molar-refractivity contribution in [2.24, 2.45) is 0 Å². The first-order valence-corrected chi connectivity index (χ1v) is 5.75. The number of aromatic nitrogens is 1. The molecule has 102 valence electrons. The zero-order chi connectivity index (χ0) is 14.7. The van der Waals surface area contributed by atoms with Crippen LogP contribution in [0.15, 0.2) is 36.5 Å². The maximum Gasteiger partial charge on any atom is 0.337 e. The summed E-state index contributed by atoms with van der Waals surface area (Å²) in [7, 11) is 0. The van der Waals surface area contributed by atoms with E-state index in [0.717, 1.165) is 0 Å². The first-order valence-electron chi connectivity index (χ1n) is 5.75. The number of anilines is 1. The molecular weight excluding hydrogens is 263 g/mol. The number of carbonyl (C=O) groups is 2. The molecule has 2 N–H and O–H groups in total. The van der Waals surface area contributed by atoms with Crippen molar-refractivity contribution < 1.29 is 19.1 Å². The van der Waals surface area contributed by atoms with Gasteiger partial charge in [-0.05, 0) is 30.7 Å². The van der Waals surface area contributed by atoms with E-state index in [-0.39, 0.29) is 16.8 Å². The van der Waals surface area contributed by atoms with Gasteiger partial charge in [0, 0.05) is 6.20 Å². The number of halogens is 1. The van der Waals surface area contributed by atoms with Gasteiger partial charge in [-0.1, -0.05) is 12.1 Å². The fourth-order valence-corrected chi connectivity index (χ4v) is 1.75. The van der Waals surface area contributed by atoms with Gasteiger partial charge < -0.3 is 10.4 Å². The summed E-state index contributed by atoms with van der Waals surface area (Å²) in [6.07, 6.45) is 1.22. The van der Waals surface area contributed by atoms with Crippen molar-refractivity contribution in [1.29, 1.82) is 0 Å². The second-order valence-corrected chi connectivity index (χ2v) is 4.10. The monoisotopic (exact) mass is 274 g/mol. The second kappa shape index (κ2) is 5.48. The molecule has 0 aliphatic heterocycles. The number of rotatable bonds is 3. The summed E-state index contributed by atoms with van der Waals surface area (Å²) in [5.41, 5.74) is 0.422. The van der Waals surface area contributed by atoms with Gasteiger partial charge >= 0.3 is 5.97 Å². The van der Waals surface area contributed by atoms with Gasteiger partial charge in [0.15, 0.2) is 0 Å². The van der Waals surface area contributed by atoms with Crippen molar-refractivity contribution in [3.63, 3.8) is 0 Å². The van der Waals surface area contributed by atoms with Crippen LogP contribution in [0.2, 0.25) is 0 Å². The number of para-hydroxylation sites is 1. The number of hydrogen-bond donors (Lipinski definition) is 2. The quantitative estimate of drug-likeness (QED) is 0.843. The van der Waals surface area contributed by atoms with E-state index in [2.05, 4.69) is 10.3 Å². The van der Waals surface area contributed by atoms with E-state index in [0.29, 0.717) is 5.56 Å². The molecule has 0 spiro atoms. The maximum absolute atomic E-state index is 13.4. The zero-order valence-corrected chi connectivity index (χ0v) is 10.6. The molecule has 1 heterocycles. The first kappa shape index (κ1) is 13.7. The van der Waals surface area contributed by atoms with Gasteiger partial charge in [-0.15, -0.1) is 0 Å². The fraction of sp³-hybridized carbons (Fsp3) is 0.0714. The van der Waals surface area contributed by atoms with Gasteiger partial charge in [-0.3, -0.25) is 4.79 Å². The molecule has 2 rings (SSSR count). The Labute approximate surface area is 114 Å². The highest BCUT2D eigenvalue weighted by atomic mass is 19.1. The lowest BCUT2D eigenvalue weighted by Gasteiger charge is -2.11. The minimum atomic E-state index is -1.17. The molecule has 0 atom stereocenters. The number of carboxylic acids is 1. The third-order valence-electron chi connectivity index (χ3n) is 2.75. The van der Waals surface area contributed by atoms with E-state index in [1.165, 1.54) is 24.4 Å². The summed E-state index contributed by atoms with van der Waals surface area (Å²) in [4.78, 5) is 26.5. The normalized spacial score (nSPS) is 10.1. The van der Waals surface area contributed by atoms with E-state index in [9.17, 15) is 14.0 Å². The predicted octanol–water partition coefficient (Wildman–Crippen LogP) is 2.48. The molecule has 0 saturated carbocycles. The summed E-state index contributed by atoms with van der Waals surface area (Å²) in [5, 5.41) is 11.5. The summed E-state index contributed by atoms with van der Waals surface area (Å²) in [6.45, 7) is 1.65. The molecule has 0 fully saturated rings. The van der Waals surface area contributed by atoms with Gasteiger partial charge in [-0.25, -0.2) is 9.78 Å². The number of amides is 1.